The number of aliphatic hydroxyl groups excluding tert-OH is 1. The first-order valence-electron chi connectivity index (χ1n) is 7.55. The van der Waals surface area contributed by atoms with E-state index in [1.54, 1.807) is 42.5 Å². The van der Waals surface area contributed by atoms with Crippen molar-refractivity contribution >= 4 is 29.1 Å². The molecule has 0 saturated heterocycles. The predicted octanol–water partition coefficient (Wildman–Crippen LogP) is 2.83. The van der Waals surface area contributed by atoms with E-state index in [9.17, 15) is 14.7 Å². The first-order chi connectivity index (χ1) is 11.5. The zero-order valence-corrected chi connectivity index (χ0v) is 14.0. The molecule has 0 aliphatic rings. The highest BCUT2D eigenvalue weighted by atomic mass is 35.5. The molecule has 0 unspecified atom stereocenters. The first kappa shape index (κ1) is 18.0. The third-order valence-electron chi connectivity index (χ3n) is 3.42. The molecule has 2 rings (SSSR count). The van der Waals surface area contributed by atoms with Gasteiger partial charge in [-0.25, -0.2) is 0 Å². The minimum Gasteiger partial charge on any atom is -0.388 e. The van der Waals surface area contributed by atoms with Crippen molar-refractivity contribution in [3.8, 4) is 0 Å². The fourth-order valence-electron chi connectivity index (χ4n) is 2.19. The molecule has 2 aromatic carbocycles. The molecule has 0 spiro atoms. The van der Waals surface area contributed by atoms with Crippen molar-refractivity contribution < 1.29 is 14.7 Å². The zero-order chi connectivity index (χ0) is 17.5. The van der Waals surface area contributed by atoms with Gasteiger partial charge in [-0.05, 0) is 48.7 Å². The number of aliphatic hydroxyl groups is 1. The van der Waals surface area contributed by atoms with Crippen molar-refractivity contribution in [2.75, 3.05) is 11.9 Å². The minimum atomic E-state index is -0.760. The lowest BCUT2D eigenvalue weighted by atomic mass is 10.1. The van der Waals surface area contributed by atoms with Crippen molar-refractivity contribution in [2.45, 2.75) is 19.4 Å². The van der Waals surface area contributed by atoms with Gasteiger partial charge in [-0.2, -0.15) is 0 Å². The number of hydrogen-bond acceptors (Lipinski definition) is 3. The van der Waals surface area contributed by atoms with Gasteiger partial charge in [0.1, 0.15) is 0 Å². The Balaban J connectivity index is 1.79. The second-order valence-corrected chi connectivity index (χ2v) is 5.88. The highest BCUT2D eigenvalue weighted by Crippen LogP contribution is 2.19. The van der Waals surface area contributed by atoms with E-state index in [1.165, 1.54) is 0 Å². The number of nitrogens with one attached hydrogen (secondary N) is 2. The largest absolute Gasteiger partial charge is 0.388 e. The molecule has 0 radical (unpaired) electrons. The Labute approximate surface area is 145 Å². The summed E-state index contributed by atoms with van der Waals surface area (Å²) in [7, 11) is 0. The molecule has 2 aromatic rings. The SMILES string of the molecule is Cc1cccc(NC(=O)C(=O)NCC[C@H](O)c2cccc(Cl)c2)c1. The summed E-state index contributed by atoms with van der Waals surface area (Å²) in [5.74, 6) is -1.48. The number of aryl methyl sites for hydroxylation is 1. The average molecular weight is 347 g/mol. The van der Waals surface area contributed by atoms with Crippen LogP contribution in [-0.4, -0.2) is 23.5 Å². The number of rotatable bonds is 5. The molecule has 0 aromatic heterocycles. The highest BCUT2D eigenvalue weighted by Gasteiger charge is 2.14. The van der Waals surface area contributed by atoms with Crippen LogP contribution in [-0.2, 0) is 9.59 Å². The maximum atomic E-state index is 11.8. The molecule has 3 N–H and O–H groups in total. The van der Waals surface area contributed by atoms with E-state index in [1.807, 2.05) is 13.0 Å². The molecule has 126 valence electrons. The van der Waals surface area contributed by atoms with Crippen LogP contribution in [0.4, 0.5) is 5.69 Å². The molecule has 1 atom stereocenters. The standard InChI is InChI=1S/C18H19ClN2O3/c1-12-4-2-7-15(10-12)21-18(24)17(23)20-9-8-16(22)13-5-3-6-14(19)11-13/h2-7,10-11,16,22H,8-9H2,1H3,(H,20,23)(H,21,24)/t16-/m0/s1. The van der Waals surface area contributed by atoms with Gasteiger partial charge in [0.15, 0.2) is 0 Å². The Hall–Kier alpha value is -2.37. The molecule has 5 nitrogen and oxygen atoms in total. The summed E-state index contributed by atoms with van der Waals surface area (Å²) in [5, 5.41) is 15.6. The lowest BCUT2D eigenvalue weighted by Gasteiger charge is -2.12. The number of hydrogen-bond donors (Lipinski definition) is 3. The summed E-state index contributed by atoms with van der Waals surface area (Å²) in [4.78, 5) is 23.6. The normalized spacial score (nSPS) is 11.6. The number of carbonyl (C=O) groups excluding carboxylic acids is 2. The van der Waals surface area contributed by atoms with Crippen molar-refractivity contribution in [1.29, 1.82) is 0 Å². The number of carbonyl (C=O) groups is 2. The van der Waals surface area contributed by atoms with Crippen LogP contribution in [0.5, 0.6) is 0 Å². The molecule has 0 aliphatic carbocycles. The van der Waals surface area contributed by atoms with Crippen LogP contribution < -0.4 is 10.6 Å². The molecule has 0 aliphatic heterocycles. The van der Waals surface area contributed by atoms with Gasteiger partial charge in [0.25, 0.3) is 0 Å². The van der Waals surface area contributed by atoms with Gasteiger partial charge >= 0.3 is 11.8 Å². The fraction of sp³-hybridized carbons (Fsp3) is 0.222. The van der Waals surface area contributed by atoms with Crippen LogP contribution in [0.2, 0.25) is 5.02 Å². The van der Waals surface area contributed by atoms with Crippen LogP contribution in [0.3, 0.4) is 0 Å². The maximum absolute atomic E-state index is 11.8. The summed E-state index contributed by atoms with van der Waals surface area (Å²) < 4.78 is 0. The van der Waals surface area contributed by atoms with Gasteiger partial charge in [0.05, 0.1) is 6.10 Å². The highest BCUT2D eigenvalue weighted by molar-refractivity contribution is 6.39. The van der Waals surface area contributed by atoms with Gasteiger partial charge in [-0.1, -0.05) is 35.9 Å². The predicted molar refractivity (Wildman–Crippen MR) is 93.8 cm³/mol. The van der Waals surface area contributed by atoms with E-state index < -0.39 is 17.9 Å². The molecule has 0 saturated carbocycles. The summed E-state index contributed by atoms with van der Waals surface area (Å²) in [6.45, 7) is 2.07. The smallest absolute Gasteiger partial charge is 0.313 e. The van der Waals surface area contributed by atoms with Crippen LogP contribution in [0.15, 0.2) is 48.5 Å². The minimum absolute atomic E-state index is 0.174. The lowest BCUT2D eigenvalue weighted by Crippen LogP contribution is -2.36. The van der Waals surface area contributed by atoms with E-state index in [0.29, 0.717) is 16.3 Å². The molecule has 2 amide bonds. The maximum Gasteiger partial charge on any atom is 0.313 e. The molecular formula is C18H19ClN2O3. The Morgan fingerprint density at radius 3 is 2.58 bits per heavy atom. The first-order valence-corrected chi connectivity index (χ1v) is 7.93. The zero-order valence-electron chi connectivity index (χ0n) is 13.3. The van der Waals surface area contributed by atoms with Crippen LogP contribution in [0.25, 0.3) is 0 Å². The third kappa shape index (κ3) is 5.37. The lowest BCUT2D eigenvalue weighted by molar-refractivity contribution is -0.136. The summed E-state index contributed by atoms with van der Waals surface area (Å²) in [6.07, 6.45) is -0.479. The van der Waals surface area contributed by atoms with E-state index in [0.717, 1.165) is 5.56 Å². The second kappa shape index (κ2) is 8.47. The van der Waals surface area contributed by atoms with E-state index >= 15 is 0 Å². The van der Waals surface area contributed by atoms with Gasteiger partial charge in [-0.15, -0.1) is 0 Å². The van der Waals surface area contributed by atoms with Crippen molar-refractivity contribution in [3.63, 3.8) is 0 Å². The van der Waals surface area contributed by atoms with Gasteiger partial charge in [0.2, 0.25) is 0 Å². The van der Waals surface area contributed by atoms with Crippen molar-refractivity contribution in [3.05, 3.63) is 64.7 Å². The quantitative estimate of drug-likeness (QED) is 0.728. The van der Waals surface area contributed by atoms with Gasteiger partial charge in [0, 0.05) is 17.3 Å². The van der Waals surface area contributed by atoms with Crippen LogP contribution in [0.1, 0.15) is 23.7 Å². The molecule has 0 heterocycles. The Morgan fingerprint density at radius 1 is 1.12 bits per heavy atom. The van der Waals surface area contributed by atoms with Crippen molar-refractivity contribution in [2.24, 2.45) is 0 Å². The fourth-order valence-corrected chi connectivity index (χ4v) is 2.39. The van der Waals surface area contributed by atoms with Gasteiger partial charge in [-0.3, -0.25) is 9.59 Å². The summed E-state index contributed by atoms with van der Waals surface area (Å²) >= 11 is 5.87. The number of benzene rings is 2. The Kier molecular flexibility index (Phi) is 6.35. The Morgan fingerprint density at radius 2 is 1.88 bits per heavy atom. The molecule has 6 heteroatoms. The molecular weight excluding hydrogens is 328 g/mol. The number of halogens is 1. The van der Waals surface area contributed by atoms with Gasteiger partial charge < -0.3 is 15.7 Å². The van der Waals surface area contributed by atoms with E-state index in [2.05, 4.69) is 10.6 Å². The molecule has 0 bridgehead atoms. The number of amides is 2. The Bertz CT molecular complexity index is 734. The average Bonchev–Trinajstić information content (AvgIpc) is 2.54. The van der Waals surface area contributed by atoms with Crippen molar-refractivity contribution in [1.82, 2.24) is 5.32 Å². The monoisotopic (exact) mass is 346 g/mol. The van der Waals surface area contributed by atoms with Crippen LogP contribution >= 0.6 is 11.6 Å². The molecule has 0 fully saturated rings. The van der Waals surface area contributed by atoms with E-state index in [-0.39, 0.29) is 13.0 Å². The molecule has 24 heavy (non-hydrogen) atoms. The third-order valence-corrected chi connectivity index (χ3v) is 3.65. The van der Waals surface area contributed by atoms with E-state index in [4.69, 9.17) is 11.6 Å². The summed E-state index contributed by atoms with van der Waals surface area (Å²) in [6, 6.07) is 14.1. The van der Waals surface area contributed by atoms with Crippen LogP contribution in [0, 0.1) is 6.92 Å². The second-order valence-electron chi connectivity index (χ2n) is 5.44. The topological polar surface area (TPSA) is 78.4 Å². The summed E-state index contributed by atoms with van der Waals surface area (Å²) in [5.41, 5.74) is 2.22. The number of anilines is 1.